The van der Waals surface area contributed by atoms with Gasteiger partial charge in [-0.15, -0.1) is 0 Å². The molecule has 0 bridgehead atoms. The molecule has 5 nitrogen and oxygen atoms in total. The lowest BCUT2D eigenvalue weighted by atomic mass is 9.93. The number of nitrogens with zero attached hydrogens (tertiary/aromatic N) is 1. The van der Waals surface area contributed by atoms with E-state index in [2.05, 4.69) is 43.5 Å². The van der Waals surface area contributed by atoms with Gasteiger partial charge in [-0.05, 0) is 32.4 Å². The van der Waals surface area contributed by atoms with Crippen molar-refractivity contribution in [1.82, 2.24) is 15.5 Å². The van der Waals surface area contributed by atoms with E-state index < -0.39 is 0 Å². The molecular formula is C14H29N3O2. The third kappa shape index (κ3) is 7.50. The zero-order chi connectivity index (χ0) is 14.3. The lowest BCUT2D eigenvalue weighted by Gasteiger charge is -2.28. The van der Waals surface area contributed by atoms with Gasteiger partial charge >= 0.3 is 0 Å². The second-order valence-corrected chi connectivity index (χ2v) is 6.46. The molecule has 0 aromatic heterocycles. The highest BCUT2D eigenvalue weighted by Crippen LogP contribution is 2.13. The fourth-order valence-corrected chi connectivity index (χ4v) is 2.55. The smallest absolute Gasteiger partial charge is 0.234 e. The Kier molecular flexibility index (Phi) is 6.75. The molecule has 0 unspecified atom stereocenters. The van der Waals surface area contributed by atoms with E-state index in [1.165, 1.54) is 0 Å². The maximum atomic E-state index is 11.8. The first-order chi connectivity index (χ1) is 8.89. The highest BCUT2D eigenvalue weighted by molar-refractivity contribution is 5.78. The van der Waals surface area contributed by atoms with Gasteiger partial charge in [-0.25, -0.2) is 0 Å². The predicted octanol–water partition coefficient (Wildman–Crippen LogP) is 0.459. The molecule has 1 rings (SSSR count). The van der Waals surface area contributed by atoms with Crippen molar-refractivity contribution >= 4 is 5.91 Å². The Morgan fingerprint density at radius 1 is 1.32 bits per heavy atom. The highest BCUT2D eigenvalue weighted by Gasteiger charge is 2.19. The summed E-state index contributed by atoms with van der Waals surface area (Å²) in [5.41, 5.74) is 0.169. The van der Waals surface area contributed by atoms with E-state index in [1.807, 2.05) is 0 Å². The van der Waals surface area contributed by atoms with Gasteiger partial charge in [0, 0.05) is 32.3 Å². The summed E-state index contributed by atoms with van der Waals surface area (Å²) in [4.78, 5) is 14.0. The van der Waals surface area contributed by atoms with Gasteiger partial charge in [0.15, 0.2) is 0 Å². The molecular weight excluding hydrogens is 242 g/mol. The molecule has 1 aliphatic rings. The monoisotopic (exact) mass is 271 g/mol. The summed E-state index contributed by atoms with van der Waals surface area (Å²) in [5.74, 6) is 0.0903. The molecule has 1 aliphatic heterocycles. The SMILES string of the molecule is CN(C)CC(C)(C)CNCC(=O)NC1CCOCC1. The van der Waals surface area contributed by atoms with Crippen LogP contribution in [0.2, 0.25) is 0 Å². The zero-order valence-corrected chi connectivity index (χ0v) is 12.8. The van der Waals surface area contributed by atoms with Crippen LogP contribution in [0, 0.1) is 5.41 Å². The van der Waals surface area contributed by atoms with Crippen LogP contribution in [0.15, 0.2) is 0 Å². The predicted molar refractivity (Wildman–Crippen MR) is 77.2 cm³/mol. The van der Waals surface area contributed by atoms with Crippen molar-refractivity contribution in [2.75, 3.05) is 46.9 Å². The second kappa shape index (κ2) is 7.82. The molecule has 1 fully saturated rings. The Morgan fingerprint density at radius 2 is 1.95 bits per heavy atom. The molecule has 19 heavy (non-hydrogen) atoms. The summed E-state index contributed by atoms with van der Waals surface area (Å²) in [6.07, 6.45) is 1.86. The molecule has 2 N–H and O–H groups in total. The van der Waals surface area contributed by atoms with E-state index in [-0.39, 0.29) is 17.4 Å². The molecule has 5 heteroatoms. The molecule has 0 spiro atoms. The van der Waals surface area contributed by atoms with E-state index in [1.54, 1.807) is 0 Å². The number of ether oxygens (including phenoxy) is 1. The van der Waals surface area contributed by atoms with Crippen LogP contribution in [0.5, 0.6) is 0 Å². The van der Waals surface area contributed by atoms with Gasteiger partial charge in [-0.2, -0.15) is 0 Å². The van der Waals surface area contributed by atoms with Crippen LogP contribution < -0.4 is 10.6 Å². The minimum absolute atomic E-state index is 0.0903. The van der Waals surface area contributed by atoms with Gasteiger partial charge in [0.2, 0.25) is 5.91 Å². The first-order valence-electron chi connectivity index (χ1n) is 7.12. The first-order valence-corrected chi connectivity index (χ1v) is 7.12. The summed E-state index contributed by atoms with van der Waals surface area (Å²) in [7, 11) is 4.14. The van der Waals surface area contributed by atoms with Gasteiger partial charge < -0.3 is 20.3 Å². The summed E-state index contributed by atoms with van der Waals surface area (Å²) >= 11 is 0. The Hall–Kier alpha value is -0.650. The van der Waals surface area contributed by atoms with Gasteiger partial charge in [0.25, 0.3) is 0 Å². The van der Waals surface area contributed by atoms with Crippen LogP contribution in [0.3, 0.4) is 0 Å². The summed E-state index contributed by atoms with van der Waals surface area (Å²) in [5, 5.41) is 6.30. The second-order valence-electron chi connectivity index (χ2n) is 6.46. The summed E-state index contributed by atoms with van der Waals surface area (Å²) in [6.45, 7) is 8.16. The minimum atomic E-state index is 0.0903. The molecule has 0 aliphatic carbocycles. The maximum Gasteiger partial charge on any atom is 0.234 e. The lowest BCUT2D eigenvalue weighted by molar-refractivity contribution is -0.121. The molecule has 0 aromatic carbocycles. The van der Waals surface area contributed by atoms with Crippen LogP contribution in [0.1, 0.15) is 26.7 Å². The number of carbonyl (C=O) groups is 1. The largest absolute Gasteiger partial charge is 0.381 e. The average molecular weight is 271 g/mol. The van der Waals surface area contributed by atoms with Gasteiger partial charge in [-0.3, -0.25) is 4.79 Å². The Morgan fingerprint density at radius 3 is 2.53 bits per heavy atom. The quantitative estimate of drug-likeness (QED) is 0.706. The third-order valence-electron chi connectivity index (χ3n) is 3.22. The van der Waals surface area contributed by atoms with Gasteiger partial charge in [0.05, 0.1) is 6.54 Å². The van der Waals surface area contributed by atoms with Crippen molar-refractivity contribution in [3.8, 4) is 0 Å². The molecule has 1 saturated heterocycles. The van der Waals surface area contributed by atoms with Crippen molar-refractivity contribution in [3.05, 3.63) is 0 Å². The average Bonchev–Trinajstić information content (AvgIpc) is 2.28. The number of amides is 1. The van der Waals surface area contributed by atoms with Crippen LogP contribution >= 0.6 is 0 Å². The molecule has 1 heterocycles. The first kappa shape index (κ1) is 16.4. The zero-order valence-electron chi connectivity index (χ0n) is 12.8. The van der Waals surface area contributed by atoms with Crippen LogP contribution in [-0.4, -0.2) is 63.8 Å². The Labute approximate surface area is 117 Å². The lowest BCUT2D eigenvalue weighted by Crippen LogP contribution is -2.45. The Balaban J connectivity index is 2.15. The van der Waals surface area contributed by atoms with E-state index in [9.17, 15) is 4.79 Å². The number of carbonyl (C=O) groups excluding carboxylic acids is 1. The topological polar surface area (TPSA) is 53.6 Å². The normalized spacial score (nSPS) is 17.7. The number of rotatable bonds is 7. The van der Waals surface area contributed by atoms with E-state index >= 15 is 0 Å². The fourth-order valence-electron chi connectivity index (χ4n) is 2.55. The van der Waals surface area contributed by atoms with Crippen LogP contribution in [-0.2, 0) is 9.53 Å². The van der Waals surface area contributed by atoms with Crippen molar-refractivity contribution in [2.24, 2.45) is 5.41 Å². The molecule has 0 saturated carbocycles. The third-order valence-corrected chi connectivity index (χ3v) is 3.22. The minimum Gasteiger partial charge on any atom is -0.381 e. The molecule has 112 valence electrons. The standard InChI is InChI=1S/C14H29N3O2/c1-14(2,11-17(3)4)10-15-9-13(18)16-12-5-7-19-8-6-12/h12,15H,5-11H2,1-4H3,(H,16,18). The summed E-state index contributed by atoms with van der Waals surface area (Å²) < 4.78 is 5.27. The van der Waals surface area contributed by atoms with Gasteiger partial charge in [0.1, 0.15) is 0 Å². The molecule has 1 amide bonds. The van der Waals surface area contributed by atoms with Crippen LogP contribution in [0.4, 0.5) is 0 Å². The van der Waals surface area contributed by atoms with Crippen molar-refractivity contribution in [3.63, 3.8) is 0 Å². The van der Waals surface area contributed by atoms with E-state index in [0.29, 0.717) is 6.54 Å². The number of nitrogens with one attached hydrogen (secondary N) is 2. The summed E-state index contributed by atoms with van der Waals surface area (Å²) in [6, 6.07) is 0.290. The van der Waals surface area contributed by atoms with E-state index in [4.69, 9.17) is 4.74 Å². The van der Waals surface area contributed by atoms with Crippen LogP contribution in [0.25, 0.3) is 0 Å². The Bertz CT molecular complexity index is 274. The molecule has 0 aromatic rings. The highest BCUT2D eigenvalue weighted by atomic mass is 16.5. The fraction of sp³-hybridized carbons (Fsp3) is 0.929. The molecule has 0 radical (unpaired) electrons. The van der Waals surface area contributed by atoms with Crippen molar-refractivity contribution in [2.45, 2.75) is 32.7 Å². The number of hydrogen-bond donors (Lipinski definition) is 2. The van der Waals surface area contributed by atoms with Crippen molar-refractivity contribution < 1.29 is 9.53 Å². The van der Waals surface area contributed by atoms with Crippen molar-refractivity contribution in [1.29, 1.82) is 0 Å². The molecule has 0 atom stereocenters. The maximum absolute atomic E-state index is 11.8. The number of hydrogen-bond acceptors (Lipinski definition) is 4. The van der Waals surface area contributed by atoms with E-state index in [0.717, 1.165) is 39.1 Å². The van der Waals surface area contributed by atoms with Gasteiger partial charge in [-0.1, -0.05) is 13.8 Å².